The molecule has 0 aliphatic carbocycles. The molecule has 0 unspecified atom stereocenters. The molecular weight excluding hydrogens is 270 g/mol. The summed E-state index contributed by atoms with van der Waals surface area (Å²) in [5, 5.41) is 2.92. The number of fused-ring (bicyclic) bond motifs is 1. The Balaban J connectivity index is 1.99. The third-order valence-corrected chi connectivity index (χ3v) is 4.05. The van der Waals surface area contributed by atoms with Gasteiger partial charge in [-0.15, -0.1) is 0 Å². The minimum atomic E-state index is -0.0273. The Labute approximate surface area is 131 Å². The molecule has 3 rings (SSSR count). The summed E-state index contributed by atoms with van der Waals surface area (Å²) in [5.41, 5.74) is 6.26. The number of aryl methyl sites for hydroxylation is 1. The summed E-state index contributed by atoms with van der Waals surface area (Å²) >= 11 is 0. The Morgan fingerprint density at radius 1 is 1.00 bits per heavy atom. The Kier molecular flexibility index (Phi) is 3.40. The maximum Gasteiger partial charge on any atom is 0.256 e. The number of carbonyl (C=O) groups is 1. The summed E-state index contributed by atoms with van der Waals surface area (Å²) in [6.07, 6.45) is 1.97. The SMILES string of the molecule is Cc1ccc2c(c1)/C(=C\c1ccc(C(C)(C)C)cc1)C(=O)N2. The molecule has 0 bridgehead atoms. The second-order valence-corrected chi connectivity index (χ2v) is 6.93. The number of rotatable bonds is 1. The molecule has 1 heterocycles. The summed E-state index contributed by atoms with van der Waals surface area (Å²) in [6, 6.07) is 14.5. The van der Waals surface area contributed by atoms with Crippen LogP contribution in [0.4, 0.5) is 5.69 Å². The predicted molar refractivity (Wildman–Crippen MR) is 92.8 cm³/mol. The van der Waals surface area contributed by atoms with Gasteiger partial charge in [0.05, 0.1) is 0 Å². The van der Waals surface area contributed by atoms with Crippen LogP contribution in [0.1, 0.15) is 43.0 Å². The largest absolute Gasteiger partial charge is 0.321 e. The van der Waals surface area contributed by atoms with E-state index in [-0.39, 0.29) is 11.3 Å². The van der Waals surface area contributed by atoms with E-state index in [1.54, 1.807) is 0 Å². The lowest BCUT2D eigenvalue weighted by molar-refractivity contribution is -0.110. The van der Waals surface area contributed by atoms with Gasteiger partial charge >= 0.3 is 0 Å². The molecule has 2 aromatic rings. The van der Waals surface area contributed by atoms with Gasteiger partial charge in [-0.1, -0.05) is 56.7 Å². The number of amides is 1. The normalized spacial score (nSPS) is 15.8. The van der Waals surface area contributed by atoms with E-state index in [4.69, 9.17) is 0 Å². The quantitative estimate of drug-likeness (QED) is 0.752. The van der Waals surface area contributed by atoms with Crippen molar-refractivity contribution in [3.63, 3.8) is 0 Å². The molecular formula is C20H21NO. The van der Waals surface area contributed by atoms with Gasteiger partial charge in [0.15, 0.2) is 0 Å². The fraction of sp³-hybridized carbons (Fsp3) is 0.250. The van der Waals surface area contributed by atoms with E-state index in [9.17, 15) is 4.79 Å². The molecule has 0 radical (unpaired) electrons. The fourth-order valence-corrected chi connectivity index (χ4v) is 2.69. The predicted octanol–water partition coefficient (Wildman–Crippen LogP) is 4.79. The minimum absolute atomic E-state index is 0.0273. The monoisotopic (exact) mass is 291 g/mol. The van der Waals surface area contributed by atoms with Crippen LogP contribution < -0.4 is 5.32 Å². The molecule has 0 aromatic heterocycles. The number of benzene rings is 2. The second kappa shape index (κ2) is 5.13. The van der Waals surface area contributed by atoms with Gasteiger partial charge in [0.25, 0.3) is 5.91 Å². The smallest absolute Gasteiger partial charge is 0.256 e. The summed E-state index contributed by atoms with van der Waals surface area (Å²) in [7, 11) is 0. The van der Waals surface area contributed by atoms with Crippen molar-refractivity contribution in [2.45, 2.75) is 33.1 Å². The highest BCUT2D eigenvalue weighted by Crippen LogP contribution is 2.34. The van der Waals surface area contributed by atoms with Crippen molar-refractivity contribution in [3.05, 3.63) is 64.7 Å². The summed E-state index contributed by atoms with van der Waals surface area (Å²) < 4.78 is 0. The molecule has 22 heavy (non-hydrogen) atoms. The molecule has 1 N–H and O–H groups in total. The van der Waals surface area contributed by atoms with Crippen LogP contribution in [-0.4, -0.2) is 5.91 Å². The molecule has 2 aromatic carbocycles. The minimum Gasteiger partial charge on any atom is -0.321 e. The highest BCUT2D eigenvalue weighted by Gasteiger charge is 2.23. The Hall–Kier alpha value is -2.35. The first-order chi connectivity index (χ1) is 10.3. The van der Waals surface area contributed by atoms with E-state index < -0.39 is 0 Å². The lowest BCUT2D eigenvalue weighted by Crippen LogP contribution is -2.10. The summed E-state index contributed by atoms with van der Waals surface area (Å²) in [6.45, 7) is 8.64. The Bertz CT molecular complexity index is 761. The van der Waals surface area contributed by atoms with Gasteiger partial charge in [0, 0.05) is 16.8 Å². The topological polar surface area (TPSA) is 29.1 Å². The molecule has 0 spiro atoms. The number of hydrogen-bond acceptors (Lipinski definition) is 1. The maximum absolute atomic E-state index is 12.2. The molecule has 0 saturated carbocycles. The molecule has 1 amide bonds. The second-order valence-electron chi connectivity index (χ2n) is 6.93. The van der Waals surface area contributed by atoms with E-state index in [1.807, 2.05) is 25.1 Å². The average Bonchev–Trinajstić information content (AvgIpc) is 2.75. The first-order valence-electron chi connectivity index (χ1n) is 7.59. The molecule has 0 saturated heterocycles. The zero-order valence-electron chi connectivity index (χ0n) is 13.5. The van der Waals surface area contributed by atoms with Crippen LogP contribution >= 0.6 is 0 Å². The van der Waals surface area contributed by atoms with Crippen LogP contribution in [0.15, 0.2) is 42.5 Å². The summed E-state index contributed by atoms with van der Waals surface area (Å²) in [5.74, 6) is -0.0273. The van der Waals surface area contributed by atoms with Gasteiger partial charge in [-0.2, -0.15) is 0 Å². The number of anilines is 1. The van der Waals surface area contributed by atoms with Crippen molar-refractivity contribution in [2.24, 2.45) is 0 Å². The van der Waals surface area contributed by atoms with Crippen LogP contribution in [0.25, 0.3) is 11.6 Å². The van der Waals surface area contributed by atoms with Crippen molar-refractivity contribution in [2.75, 3.05) is 5.32 Å². The summed E-state index contributed by atoms with van der Waals surface area (Å²) in [4.78, 5) is 12.2. The number of carbonyl (C=O) groups excluding carboxylic acids is 1. The molecule has 112 valence electrons. The third-order valence-electron chi connectivity index (χ3n) is 4.05. The Morgan fingerprint density at radius 3 is 2.32 bits per heavy atom. The zero-order chi connectivity index (χ0) is 15.9. The van der Waals surface area contributed by atoms with Crippen LogP contribution in [-0.2, 0) is 10.2 Å². The van der Waals surface area contributed by atoms with Gasteiger partial charge in [-0.3, -0.25) is 4.79 Å². The highest BCUT2D eigenvalue weighted by molar-refractivity contribution is 6.34. The average molecular weight is 291 g/mol. The van der Waals surface area contributed by atoms with Crippen molar-refractivity contribution < 1.29 is 4.79 Å². The number of hydrogen-bond donors (Lipinski definition) is 1. The third kappa shape index (κ3) is 2.69. The van der Waals surface area contributed by atoms with E-state index >= 15 is 0 Å². The van der Waals surface area contributed by atoms with Crippen molar-refractivity contribution in [1.82, 2.24) is 0 Å². The van der Waals surface area contributed by atoms with Gasteiger partial charge < -0.3 is 5.32 Å². The molecule has 1 aliphatic heterocycles. The molecule has 0 atom stereocenters. The lowest BCUT2D eigenvalue weighted by Gasteiger charge is -2.18. The van der Waals surface area contributed by atoms with Crippen LogP contribution in [0.3, 0.4) is 0 Å². The van der Waals surface area contributed by atoms with E-state index in [1.165, 1.54) is 5.56 Å². The lowest BCUT2D eigenvalue weighted by atomic mass is 9.86. The molecule has 2 heteroatoms. The van der Waals surface area contributed by atoms with Crippen molar-refractivity contribution in [1.29, 1.82) is 0 Å². The Morgan fingerprint density at radius 2 is 1.68 bits per heavy atom. The first-order valence-corrected chi connectivity index (χ1v) is 7.59. The highest BCUT2D eigenvalue weighted by atomic mass is 16.2. The number of nitrogens with one attached hydrogen (secondary N) is 1. The molecule has 0 fully saturated rings. The van der Waals surface area contributed by atoms with Crippen LogP contribution in [0.5, 0.6) is 0 Å². The van der Waals surface area contributed by atoms with Gasteiger partial charge in [-0.25, -0.2) is 0 Å². The van der Waals surface area contributed by atoms with Gasteiger partial charge in [0.1, 0.15) is 0 Å². The van der Waals surface area contributed by atoms with E-state index in [0.29, 0.717) is 0 Å². The van der Waals surface area contributed by atoms with Gasteiger partial charge in [0.2, 0.25) is 0 Å². The van der Waals surface area contributed by atoms with Crippen LogP contribution in [0.2, 0.25) is 0 Å². The van der Waals surface area contributed by atoms with Gasteiger partial charge in [-0.05, 0) is 41.7 Å². The van der Waals surface area contributed by atoms with Crippen LogP contribution in [0, 0.1) is 6.92 Å². The zero-order valence-corrected chi connectivity index (χ0v) is 13.5. The molecule has 2 nitrogen and oxygen atoms in total. The van der Waals surface area contributed by atoms with E-state index in [2.05, 4.69) is 56.4 Å². The maximum atomic E-state index is 12.2. The van der Waals surface area contributed by atoms with Crippen molar-refractivity contribution >= 4 is 23.2 Å². The first kappa shape index (κ1) is 14.6. The molecule has 1 aliphatic rings. The standard InChI is InChI=1S/C20H21NO/c1-13-5-10-18-16(11-13)17(19(22)21-18)12-14-6-8-15(9-7-14)20(2,3)4/h5-12H,1-4H3,(H,21,22)/b17-12+. The van der Waals surface area contributed by atoms with E-state index in [0.717, 1.165) is 28.0 Å². The van der Waals surface area contributed by atoms with Crippen molar-refractivity contribution in [3.8, 4) is 0 Å². The fourth-order valence-electron chi connectivity index (χ4n) is 2.69.